The molecule has 0 atom stereocenters. The van der Waals surface area contributed by atoms with Crippen molar-refractivity contribution in [2.75, 3.05) is 13.2 Å². The van der Waals surface area contributed by atoms with Gasteiger partial charge in [0.25, 0.3) is 0 Å². The summed E-state index contributed by atoms with van der Waals surface area (Å²) in [6, 6.07) is 5.38. The van der Waals surface area contributed by atoms with Gasteiger partial charge in [0, 0.05) is 13.2 Å². The molecule has 0 heterocycles. The zero-order chi connectivity index (χ0) is 14.7. The molecule has 0 saturated carbocycles. The molecule has 5 heteroatoms. The van der Waals surface area contributed by atoms with Gasteiger partial charge < -0.3 is 5.11 Å². The minimum Gasteiger partial charge on any atom is -0.396 e. The van der Waals surface area contributed by atoms with Crippen LogP contribution in [-0.2, 0) is 10.0 Å². The average molecular weight is 285 g/mol. The van der Waals surface area contributed by atoms with Gasteiger partial charge in [-0.3, -0.25) is 0 Å². The zero-order valence-corrected chi connectivity index (χ0v) is 12.8. The van der Waals surface area contributed by atoms with Gasteiger partial charge in [-0.2, -0.15) is 0 Å². The molecule has 1 rings (SSSR count). The van der Waals surface area contributed by atoms with Gasteiger partial charge in [-0.25, -0.2) is 13.1 Å². The minimum atomic E-state index is -3.50. The summed E-state index contributed by atoms with van der Waals surface area (Å²) in [4.78, 5) is 0.326. The van der Waals surface area contributed by atoms with Crippen LogP contribution < -0.4 is 4.72 Å². The predicted molar refractivity (Wildman–Crippen MR) is 76.6 cm³/mol. The molecule has 0 unspecified atom stereocenters. The molecule has 2 N–H and O–H groups in total. The van der Waals surface area contributed by atoms with Crippen molar-refractivity contribution in [1.29, 1.82) is 0 Å². The number of nitrogens with one attached hydrogen (secondary N) is 1. The lowest BCUT2D eigenvalue weighted by Gasteiger charge is -2.24. The molecule has 0 aromatic heterocycles. The first-order valence-electron chi connectivity index (χ1n) is 6.36. The van der Waals surface area contributed by atoms with Crippen molar-refractivity contribution in [3.63, 3.8) is 0 Å². The number of aliphatic hydroxyl groups excluding tert-OH is 1. The average Bonchev–Trinajstić information content (AvgIpc) is 2.30. The van der Waals surface area contributed by atoms with Gasteiger partial charge in [-0.05, 0) is 42.9 Å². The summed E-state index contributed by atoms with van der Waals surface area (Å²) >= 11 is 0. The van der Waals surface area contributed by atoms with Crippen LogP contribution in [0.1, 0.15) is 31.4 Å². The molecule has 0 bridgehead atoms. The Labute approximate surface area is 115 Å². The summed E-state index contributed by atoms with van der Waals surface area (Å²) in [6.07, 6.45) is 0.558. The number of aryl methyl sites for hydroxylation is 2. The molecule has 19 heavy (non-hydrogen) atoms. The van der Waals surface area contributed by atoms with E-state index in [9.17, 15) is 8.42 Å². The van der Waals surface area contributed by atoms with Crippen LogP contribution in [0.2, 0.25) is 0 Å². The molecule has 0 amide bonds. The van der Waals surface area contributed by atoms with Crippen molar-refractivity contribution >= 4 is 10.0 Å². The van der Waals surface area contributed by atoms with Gasteiger partial charge in [-0.15, -0.1) is 0 Å². The smallest absolute Gasteiger partial charge is 0.240 e. The summed E-state index contributed by atoms with van der Waals surface area (Å²) in [7, 11) is -3.50. The molecule has 0 radical (unpaired) electrons. The number of benzene rings is 1. The van der Waals surface area contributed by atoms with Crippen LogP contribution in [0.15, 0.2) is 23.1 Å². The van der Waals surface area contributed by atoms with Crippen molar-refractivity contribution in [3.8, 4) is 0 Å². The maximum absolute atomic E-state index is 12.3. The van der Waals surface area contributed by atoms with E-state index >= 15 is 0 Å². The first-order valence-corrected chi connectivity index (χ1v) is 7.84. The lowest BCUT2D eigenvalue weighted by molar-refractivity contribution is 0.213. The predicted octanol–water partition coefficient (Wildman–Crippen LogP) is 1.99. The first kappa shape index (κ1) is 16.1. The molecule has 4 nitrogen and oxygen atoms in total. The van der Waals surface area contributed by atoms with E-state index in [2.05, 4.69) is 4.72 Å². The molecule has 108 valence electrons. The molecule has 1 aromatic rings. The van der Waals surface area contributed by atoms with Crippen LogP contribution in [0.25, 0.3) is 0 Å². The molecule has 0 spiro atoms. The topological polar surface area (TPSA) is 66.4 Å². The monoisotopic (exact) mass is 285 g/mol. The lowest BCUT2D eigenvalue weighted by atomic mass is 9.90. The van der Waals surface area contributed by atoms with E-state index in [1.165, 1.54) is 0 Å². The second-order valence-corrected chi connectivity index (χ2v) is 7.47. The third-order valence-corrected chi connectivity index (χ3v) is 4.71. The fraction of sp³-hybridized carbons (Fsp3) is 0.571. The number of aliphatic hydroxyl groups is 1. The van der Waals surface area contributed by atoms with Gasteiger partial charge in [0.15, 0.2) is 0 Å². The van der Waals surface area contributed by atoms with Crippen molar-refractivity contribution in [2.24, 2.45) is 5.41 Å². The fourth-order valence-corrected chi connectivity index (χ4v) is 3.33. The Kier molecular flexibility index (Phi) is 5.12. The maximum Gasteiger partial charge on any atom is 0.240 e. The largest absolute Gasteiger partial charge is 0.396 e. The SMILES string of the molecule is Cc1ccc(C)c(S(=O)(=O)NCC(C)(C)CCO)c1. The highest BCUT2D eigenvalue weighted by molar-refractivity contribution is 7.89. The highest BCUT2D eigenvalue weighted by Gasteiger charge is 2.23. The second kappa shape index (κ2) is 6.03. The van der Waals surface area contributed by atoms with E-state index < -0.39 is 10.0 Å². The Hall–Kier alpha value is -0.910. The van der Waals surface area contributed by atoms with E-state index in [0.717, 1.165) is 11.1 Å². The Morgan fingerprint density at radius 1 is 1.26 bits per heavy atom. The summed E-state index contributed by atoms with van der Waals surface area (Å²) in [5.74, 6) is 0. The third-order valence-electron chi connectivity index (χ3n) is 3.16. The number of hydrogen-bond acceptors (Lipinski definition) is 3. The molecule has 0 aliphatic rings. The number of rotatable bonds is 6. The first-order chi connectivity index (χ1) is 8.68. The van der Waals surface area contributed by atoms with E-state index in [4.69, 9.17) is 5.11 Å². The zero-order valence-electron chi connectivity index (χ0n) is 12.0. The summed E-state index contributed by atoms with van der Waals surface area (Å²) in [5, 5.41) is 8.95. The third kappa shape index (κ3) is 4.60. The molecular weight excluding hydrogens is 262 g/mol. The van der Waals surface area contributed by atoms with Crippen LogP contribution in [0, 0.1) is 19.3 Å². The second-order valence-electron chi connectivity index (χ2n) is 5.73. The number of sulfonamides is 1. The summed E-state index contributed by atoms with van der Waals surface area (Å²) < 4.78 is 27.2. The molecular formula is C14H23NO3S. The van der Waals surface area contributed by atoms with Crippen molar-refractivity contribution in [1.82, 2.24) is 4.72 Å². The summed E-state index contributed by atoms with van der Waals surface area (Å²) in [6.45, 7) is 7.87. The van der Waals surface area contributed by atoms with Crippen molar-refractivity contribution in [3.05, 3.63) is 29.3 Å². The highest BCUT2D eigenvalue weighted by Crippen LogP contribution is 2.21. The summed E-state index contributed by atoms with van der Waals surface area (Å²) in [5.41, 5.74) is 1.39. The van der Waals surface area contributed by atoms with Crippen LogP contribution in [0.3, 0.4) is 0 Å². The van der Waals surface area contributed by atoms with Gasteiger partial charge in [-0.1, -0.05) is 26.0 Å². The molecule has 0 aliphatic heterocycles. The Morgan fingerprint density at radius 2 is 1.89 bits per heavy atom. The van der Waals surface area contributed by atoms with Gasteiger partial charge in [0.1, 0.15) is 0 Å². The Morgan fingerprint density at radius 3 is 2.47 bits per heavy atom. The van der Waals surface area contributed by atoms with E-state index in [0.29, 0.717) is 17.9 Å². The standard InChI is InChI=1S/C14H23NO3S/c1-11-5-6-12(2)13(9-11)19(17,18)15-10-14(3,4)7-8-16/h5-6,9,15-16H,7-8,10H2,1-4H3. The number of hydrogen-bond donors (Lipinski definition) is 2. The van der Waals surface area contributed by atoms with Crippen LogP contribution in [-0.4, -0.2) is 26.7 Å². The molecule has 0 fully saturated rings. The fourth-order valence-electron chi connectivity index (χ4n) is 1.76. The molecule has 0 saturated heterocycles. The van der Waals surface area contributed by atoms with Gasteiger partial charge in [0.2, 0.25) is 10.0 Å². The highest BCUT2D eigenvalue weighted by atomic mass is 32.2. The quantitative estimate of drug-likeness (QED) is 0.840. The van der Waals surface area contributed by atoms with Gasteiger partial charge in [0.05, 0.1) is 4.90 Å². The Balaban J connectivity index is 2.90. The Bertz CT molecular complexity index is 536. The van der Waals surface area contributed by atoms with Crippen LogP contribution in [0.5, 0.6) is 0 Å². The maximum atomic E-state index is 12.3. The van der Waals surface area contributed by atoms with Crippen molar-refractivity contribution in [2.45, 2.75) is 39.0 Å². The van der Waals surface area contributed by atoms with E-state index in [1.54, 1.807) is 13.0 Å². The van der Waals surface area contributed by atoms with Crippen LogP contribution >= 0.6 is 0 Å². The molecule has 1 aromatic carbocycles. The lowest BCUT2D eigenvalue weighted by Crippen LogP contribution is -2.34. The molecule has 0 aliphatic carbocycles. The van der Waals surface area contributed by atoms with E-state index in [1.807, 2.05) is 32.9 Å². The van der Waals surface area contributed by atoms with E-state index in [-0.39, 0.29) is 12.0 Å². The minimum absolute atomic E-state index is 0.0538. The normalized spacial score (nSPS) is 12.7. The van der Waals surface area contributed by atoms with Crippen LogP contribution in [0.4, 0.5) is 0 Å². The van der Waals surface area contributed by atoms with Crippen molar-refractivity contribution < 1.29 is 13.5 Å². The van der Waals surface area contributed by atoms with Gasteiger partial charge >= 0.3 is 0 Å².